The first-order valence-electron chi connectivity index (χ1n) is 9.75. The maximum atomic E-state index is 12.1. The summed E-state index contributed by atoms with van der Waals surface area (Å²) >= 11 is 0. The van der Waals surface area contributed by atoms with E-state index in [1.807, 2.05) is 42.5 Å². The average Bonchev–Trinajstić information content (AvgIpc) is 3.28. The summed E-state index contributed by atoms with van der Waals surface area (Å²) in [5.74, 6) is 6.47. The summed E-state index contributed by atoms with van der Waals surface area (Å²) < 4.78 is 12.7. The fourth-order valence-electron chi connectivity index (χ4n) is 2.86. The number of aliphatic hydroxyl groups excluding tert-OH is 1. The maximum Gasteiger partial charge on any atom is 0.227 e. The molecule has 8 heteroatoms. The number of aromatic hydroxyl groups is 1. The van der Waals surface area contributed by atoms with Gasteiger partial charge in [0.2, 0.25) is 11.2 Å². The molecular formula is C24H19N3O5. The Morgan fingerprint density at radius 3 is 2.44 bits per heavy atom. The second-order valence-electron chi connectivity index (χ2n) is 6.84. The van der Waals surface area contributed by atoms with Crippen molar-refractivity contribution in [2.24, 2.45) is 0 Å². The number of rotatable bonds is 6. The molecule has 0 atom stereocenters. The van der Waals surface area contributed by atoms with Gasteiger partial charge in [-0.05, 0) is 36.4 Å². The fourth-order valence-corrected chi connectivity index (χ4v) is 2.86. The molecule has 4 aromatic rings. The second-order valence-corrected chi connectivity index (χ2v) is 6.84. The van der Waals surface area contributed by atoms with E-state index < -0.39 is 11.2 Å². The molecule has 2 heterocycles. The van der Waals surface area contributed by atoms with E-state index in [1.54, 1.807) is 12.1 Å². The quantitative estimate of drug-likeness (QED) is 0.453. The Hall–Kier alpha value is -4.35. The normalized spacial score (nSPS) is 10.4. The van der Waals surface area contributed by atoms with Crippen LogP contribution in [-0.2, 0) is 19.8 Å². The molecule has 0 radical (unpaired) electrons. The minimum Gasteiger partial charge on any atom is -0.502 e. The zero-order valence-electron chi connectivity index (χ0n) is 16.9. The van der Waals surface area contributed by atoms with Gasteiger partial charge in [-0.2, -0.15) is 0 Å². The van der Waals surface area contributed by atoms with E-state index in [2.05, 4.69) is 22.2 Å². The Morgan fingerprint density at radius 1 is 1.03 bits per heavy atom. The average molecular weight is 429 g/mol. The number of aliphatic hydroxyl groups is 1. The first-order valence-corrected chi connectivity index (χ1v) is 9.75. The van der Waals surface area contributed by atoms with Gasteiger partial charge in [-0.1, -0.05) is 35.3 Å². The molecule has 0 fully saturated rings. The largest absolute Gasteiger partial charge is 0.502 e. The third-order valence-electron chi connectivity index (χ3n) is 4.46. The molecule has 2 aromatic heterocycles. The Morgan fingerprint density at radius 2 is 1.75 bits per heavy atom. The van der Waals surface area contributed by atoms with Crippen LogP contribution in [0.15, 0.2) is 76.1 Å². The van der Waals surface area contributed by atoms with Gasteiger partial charge in [0.1, 0.15) is 30.4 Å². The molecule has 0 bridgehead atoms. The van der Waals surface area contributed by atoms with Gasteiger partial charge >= 0.3 is 0 Å². The summed E-state index contributed by atoms with van der Waals surface area (Å²) in [4.78, 5) is 12.1. The Bertz CT molecular complexity index is 1320. The lowest BCUT2D eigenvalue weighted by molar-refractivity contribution is 0.246. The van der Waals surface area contributed by atoms with E-state index in [4.69, 9.17) is 14.3 Å². The highest BCUT2D eigenvalue weighted by Crippen LogP contribution is 2.19. The van der Waals surface area contributed by atoms with Gasteiger partial charge in [-0.25, -0.2) is 4.68 Å². The molecule has 0 unspecified atom stereocenters. The molecule has 160 valence electrons. The van der Waals surface area contributed by atoms with Crippen LogP contribution in [0.1, 0.15) is 28.3 Å². The van der Waals surface area contributed by atoms with Crippen LogP contribution in [0.5, 0.6) is 11.5 Å². The molecule has 4 rings (SSSR count). The first-order chi connectivity index (χ1) is 15.6. The van der Waals surface area contributed by atoms with E-state index in [1.165, 1.54) is 16.9 Å². The number of benzene rings is 2. The van der Waals surface area contributed by atoms with Crippen LogP contribution in [0.25, 0.3) is 0 Å². The third kappa shape index (κ3) is 5.22. The van der Waals surface area contributed by atoms with Gasteiger partial charge in [0, 0.05) is 17.2 Å². The topological polar surface area (TPSA) is 111 Å². The lowest BCUT2D eigenvalue weighted by Gasteiger charge is -2.09. The van der Waals surface area contributed by atoms with E-state index in [9.17, 15) is 9.90 Å². The predicted octanol–water partition coefficient (Wildman–Crippen LogP) is 2.46. The highest BCUT2D eigenvalue weighted by molar-refractivity contribution is 5.44. The van der Waals surface area contributed by atoms with Crippen molar-refractivity contribution < 1.29 is 19.4 Å². The molecular weight excluding hydrogens is 410 g/mol. The van der Waals surface area contributed by atoms with Crippen LogP contribution in [0, 0.1) is 11.8 Å². The molecule has 0 aliphatic carbocycles. The smallest absolute Gasteiger partial charge is 0.227 e. The van der Waals surface area contributed by atoms with Crippen LogP contribution in [0.2, 0.25) is 0 Å². The molecule has 8 nitrogen and oxygen atoms in total. The third-order valence-corrected chi connectivity index (χ3v) is 4.46. The van der Waals surface area contributed by atoms with Crippen molar-refractivity contribution in [3.63, 3.8) is 0 Å². The van der Waals surface area contributed by atoms with Crippen LogP contribution in [0.4, 0.5) is 0 Å². The van der Waals surface area contributed by atoms with Crippen LogP contribution in [-0.4, -0.2) is 25.2 Å². The van der Waals surface area contributed by atoms with Crippen molar-refractivity contribution in [1.82, 2.24) is 15.0 Å². The standard InChI is InChI=1S/C24H19N3O5/c28-15-19-13-27(26-25-19)14-21-12-22(29)24(30)23(32-21)16-31-20-10-8-18(9-11-20)7-6-17-4-2-1-3-5-17/h1-5,8-13,28,30H,14-16H2. The summed E-state index contributed by atoms with van der Waals surface area (Å²) in [5, 5.41) is 26.7. The lowest BCUT2D eigenvalue weighted by atomic mass is 10.2. The maximum absolute atomic E-state index is 12.1. The number of hydrogen-bond donors (Lipinski definition) is 2. The highest BCUT2D eigenvalue weighted by atomic mass is 16.5. The van der Waals surface area contributed by atoms with Crippen molar-refractivity contribution in [3.8, 4) is 23.3 Å². The van der Waals surface area contributed by atoms with Crippen molar-refractivity contribution in [2.75, 3.05) is 0 Å². The zero-order chi connectivity index (χ0) is 22.3. The van der Waals surface area contributed by atoms with E-state index in [0.717, 1.165) is 11.1 Å². The number of nitrogens with zero attached hydrogens (tertiary/aromatic N) is 3. The van der Waals surface area contributed by atoms with Crippen molar-refractivity contribution in [1.29, 1.82) is 0 Å². The molecule has 0 spiro atoms. The summed E-state index contributed by atoms with van der Waals surface area (Å²) in [6, 6.07) is 18.0. The van der Waals surface area contributed by atoms with Gasteiger partial charge in [0.15, 0.2) is 5.76 Å². The van der Waals surface area contributed by atoms with E-state index >= 15 is 0 Å². The van der Waals surface area contributed by atoms with Gasteiger partial charge < -0.3 is 19.4 Å². The van der Waals surface area contributed by atoms with Crippen molar-refractivity contribution in [2.45, 2.75) is 19.8 Å². The Labute approximate surface area is 183 Å². The molecule has 32 heavy (non-hydrogen) atoms. The van der Waals surface area contributed by atoms with Crippen LogP contribution < -0.4 is 10.2 Å². The highest BCUT2D eigenvalue weighted by Gasteiger charge is 2.13. The van der Waals surface area contributed by atoms with Crippen molar-refractivity contribution >= 4 is 0 Å². The Kier molecular flexibility index (Phi) is 6.30. The van der Waals surface area contributed by atoms with E-state index in [-0.39, 0.29) is 31.3 Å². The summed E-state index contributed by atoms with van der Waals surface area (Å²) in [6.07, 6.45) is 1.53. The molecule has 0 aliphatic heterocycles. The van der Waals surface area contributed by atoms with Gasteiger partial charge in [-0.3, -0.25) is 4.79 Å². The molecule has 0 amide bonds. The molecule has 2 N–H and O–H groups in total. The number of aromatic nitrogens is 3. The molecule has 0 saturated carbocycles. The molecule has 0 aliphatic rings. The lowest BCUT2D eigenvalue weighted by Crippen LogP contribution is -2.10. The second kappa shape index (κ2) is 9.64. The minimum atomic E-state index is -0.584. The van der Waals surface area contributed by atoms with Crippen LogP contribution >= 0.6 is 0 Å². The monoisotopic (exact) mass is 429 g/mol. The first kappa shape index (κ1) is 20.9. The van der Waals surface area contributed by atoms with Gasteiger partial charge in [0.25, 0.3) is 0 Å². The molecule has 0 saturated heterocycles. The molecule has 2 aromatic carbocycles. The summed E-state index contributed by atoms with van der Waals surface area (Å²) in [5.41, 5.74) is 1.56. The number of hydrogen-bond acceptors (Lipinski definition) is 7. The summed E-state index contributed by atoms with van der Waals surface area (Å²) in [7, 11) is 0. The minimum absolute atomic E-state index is 0.00272. The van der Waals surface area contributed by atoms with Gasteiger partial charge in [-0.15, -0.1) is 5.10 Å². The predicted molar refractivity (Wildman–Crippen MR) is 115 cm³/mol. The van der Waals surface area contributed by atoms with Gasteiger partial charge in [0.05, 0.1) is 12.8 Å². The Balaban J connectivity index is 1.43. The fraction of sp³-hybridized carbons (Fsp3) is 0.125. The van der Waals surface area contributed by atoms with Crippen LogP contribution in [0.3, 0.4) is 0 Å². The zero-order valence-corrected chi connectivity index (χ0v) is 16.9. The van der Waals surface area contributed by atoms with E-state index in [0.29, 0.717) is 11.4 Å². The number of ether oxygens (including phenoxy) is 1. The summed E-state index contributed by atoms with van der Waals surface area (Å²) in [6.45, 7) is -0.261. The van der Waals surface area contributed by atoms with Crippen molar-refractivity contribution in [3.05, 3.63) is 105 Å². The SMILES string of the molecule is O=c1cc(Cn2cc(CO)nn2)oc(COc2ccc(C#Cc3ccccc3)cc2)c1O.